The Morgan fingerprint density at radius 1 is 1.07 bits per heavy atom. The number of hydrogen-bond donors (Lipinski definition) is 1. The number of benzene rings is 1. The van der Waals surface area contributed by atoms with E-state index in [-0.39, 0.29) is 11.7 Å². The van der Waals surface area contributed by atoms with Gasteiger partial charge in [0.05, 0.1) is 10.6 Å². The fourth-order valence-electron chi connectivity index (χ4n) is 3.08. The molecule has 1 N–H and O–H groups in total. The molecule has 0 aliphatic heterocycles. The minimum absolute atomic E-state index is 0.145. The van der Waals surface area contributed by atoms with Crippen molar-refractivity contribution in [2.24, 2.45) is 0 Å². The summed E-state index contributed by atoms with van der Waals surface area (Å²) in [7, 11) is 3.37. The molecule has 0 radical (unpaired) electrons. The second-order valence-electron chi connectivity index (χ2n) is 6.58. The molecule has 28 heavy (non-hydrogen) atoms. The number of carbonyl (C=O) groups is 1. The van der Waals surface area contributed by atoms with Crippen molar-refractivity contribution in [2.75, 3.05) is 14.1 Å². The van der Waals surface area contributed by atoms with Gasteiger partial charge in [0.2, 0.25) is 0 Å². The van der Waals surface area contributed by atoms with Crippen molar-refractivity contribution < 1.29 is 9.18 Å². The Morgan fingerprint density at radius 2 is 1.82 bits per heavy atom. The number of rotatable bonds is 3. The van der Waals surface area contributed by atoms with E-state index >= 15 is 0 Å². The van der Waals surface area contributed by atoms with Crippen LogP contribution in [0.4, 0.5) is 4.39 Å². The fourth-order valence-corrected chi connectivity index (χ4v) is 3.43. The van der Waals surface area contributed by atoms with E-state index in [0.717, 1.165) is 16.5 Å². The van der Waals surface area contributed by atoms with Gasteiger partial charge in [-0.2, -0.15) is 0 Å². The zero-order valence-electron chi connectivity index (χ0n) is 15.2. The molecule has 3 heterocycles. The Labute approximate surface area is 165 Å². The second-order valence-corrected chi connectivity index (χ2v) is 6.96. The molecule has 4 aromatic rings. The van der Waals surface area contributed by atoms with Gasteiger partial charge in [-0.3, -0.25) is 9.78 Å². The van der Waals surface area contributed by atoms with Crippen molar-refractivity contribution >= 4 is 28.5 Å². The highest BCUT2D eigenvalue weighted by Gasteiger charge is 2.17. The van der Waals surface area contributed by atoms with Crippen LogP contribution >= 0.6 is 11.6 Å². The normalized spacial score (nSPS) is 11.0. The van der Waals surface area contributed by atoms with Crippen LogP contribution in [0.25, 0.3) is 33.3 Å². The zero-order valence-corrected chi connectivity index (χ0v) is 16.0. The van der Waals surface area contributed by atoms with E-state index in [2.05, 4.69) is 15.0 Å². The van der Waals surface area contributed by atoms with Crippen LogP contribution in [-0.2, 0) is 0 Å². The van der Waals surface area contributed by atoms with E-state index in [1.807, 2.05) is 0 Å². The highest BCUT2D eigenvalue weighted by Crippen LogP contribution is 2.38. The number of pyridine rings is 2. The molecule has 5 nitrogen and oxygen atoms in total. The topological polar surface area (TPSA) is 61.9 Å². The largest absolute Gasteiger partial charge is 0.345 e. The van der Waals surface area contributed by atoms with Crippen LogP contribution < -0.4 is 0 Å². The third-order valence-corrected chi connectivity index (χ3v) is 4.89. The van der Waals surface area contributed by atoms with Gasteiger partial charge in [0, 0.05) is 61.0 Å². The molecule has 0 saturated heterocycles. The van der Waals surface area contributed by atoms with Crippen LogP contribution in [0.2, 0.25) is 5.02 Å². The molecule has 7 heteroatoms. The van der Waals surface area contributed by atoms with Crippen molar-refractivity contribution in [3.05, 3.63) is 71.5 Å². The number of H-pyrrole nitrogens is 1. The van der Waals surface area contributed by atoms with Gasteiger partial charge in [0.25, 0.3) is 5.91 Å². The number of nitrogens with zero attached hydrogens (tertiary/aromatic N) is 3. The first kappa shape index (κ1) is 18.1. The van der Waals surface area contributed by atoms with Gasteiger partial charge in [-0.05, 0) is 23.8 Å². The lowest BCUT2D eigenvalue weighted by Gasteiger charge is -2.11. The van der Waals surface area contributed by atoms with E-state index in [0.29, 0.717) is 27.4 Å². The summed E-state index contributed by atoms with van der Waals surface area (Å²) in [6.07, 6.45) is 6.61. The van der Waals surface area contributed by atoms with Gasteiger partial charge >= 0.3 is 0 Å². The first-order valence-corrected chi connectivity index (χ1v) is 8.92. The molecule has 140 valence electrons. The van der Waals surface area contributed by atoms with Crippen molar-refractivity contribution in [3.8, 4) is 22.3 Å². The lowest BCUT2D eigenvalue weighted by atomic mass is 10.0. The highest BCUT2D eigenvalue weighted by atomic mass is 35.5. The van der Waals surface area contributed by atoms with Crippen molar-refractivity contribution in [2.45, 2.75) is 0 Å². The molecule has 0 bridgehead atoms. The standard InChI is InChI=1S/C21H16ClFN4O/c1-27(2)21(28)14-7-13(8-24-9-14)17-11-26-20-18(19(17)22)16(10-25-20)12-3-5-15(23)6-4-12/h3-11H,1-2H3,(H,25,26). The molecule has 0 unspecified atom stereocenters. The summed E-state index contributed by atoms with van der Waals surface area (Å²) in [5.41, 5.74) is 4.09. The lowest BCUT2D eigenvalue weighted by Crippen LogP contribution is -2.21. The van der Waals surface area contributed by atoms with E-state index in [1.54, 1.807) is 50.9 Å². The average molecular weight is 395 g/mol. The first-order chi connectivity index (χ1) is 13.5. The third-order valence-electron chi connectivity index (χ3n) is 4.50. The van der Waals surface area contributed by atoms with Gasteiger partial charge in [-0.1, -0.05) is 23.7 Å². The van der Waals surface area contributed by atoms with E-state index in [9.17, 15) is 9.18 Å². The van der Waals surface area contributed by atoms with Gasteiger partial charge in [0.1, 0.15) is 11.5 Å². The van der Waals surface area contributed by atoms with Gasteiger partial charge < -0.3 is 9.88 Å². The van der Waals surface area contributed by atoms with Crippen molar-refractivity contribution in [1.82, 2.24) is 19.9 Å². The number of carbonyl (C=O) groups excluding carboxylic acids is 1. The van der Waals surface area contributed by atoms with Crippen LogP contribution in [0.15, 0.2) is 55.1 Å². The first-order valence-electron chi connectivity index (χ1n) is 8.54. The minimum atomic E-state index is -0.304. The predicted octanol–water partition coefficient (Wildman–Crippen LogP) is 4.79. The summed E-state index contributed by atoms with van der Waals surface area (Å²) in [6, 6.07) is 7.94. The van der Waals surface area contributed by atoms with Crippen molar-refractivity contribution in [3.63, 3.8) is 0 Å². The molecule has 0 aliphatic rings. The minimum Gasteiger partial charge on any atom is -0.345 e. The van der Waals surface area contributed by atoms with Gasteiger partial charge in [0.15, 0.2) is 0 Å². The molecule has 3 aromatic heterocycles. The van der Waals surface area contributed by atoms with Crippen LogP contribution in [-0.4, -0.2) is 39.9 Å². The molecule has 0 atom stereocenters. The SMILES string of the molecule is CN(C)C(=O)c1cncc(-c2cnc3[nH]cc(-c4ccc(F)cc4)c3c2Cl)c1. The van der Waals surface area contributed by atoms with Crippen molar-refractivity contribution in [1.29, 1.82) is 0 Å². The van der Waals surface area contributed by atoms with E-state index in [4.69, 9.17) is 11.6 Å². The van der Waals surface area contributed by atoms with Gasteiger partial charge in [-0.25, -0.2) is 9.37 Å². The molecular weight excluding hydrogens is 379 g/mol. The second kappa shape index (κ2) is 7.05. The molecule has 1 aromatic carbocycles. The number of hydrogen-bond acceptors (Lipinski definition) is 3. The maximum Gasteiger partial charge on any atom is 0.254 e. The lowest BCUT2D eigenvalue weighted by molar-refractivity contribution is 0.0827. The monoisotopic (exact) mass is 394 g/mol. The maximum absolute atomic E-state index is 13.3. The average Bonchev–Trinajstić information content (AvgIpc) is 3.13. The van der Waals surface area contributed by atoms with Gasteiger partial charge in [-0.15, -0.1) is 0 Å². The Morgan fingerprint density at radius 3 is 2.54 bits per heavy atom. The zero-order chi connectivity index (χ0) is 19.8. The summed E-state index contributed by atoms with van der Waals surface area (Å²) < 4.78 is 13.3. The summed E-state index contributed by atoms with van der Waals surface area (Å²) >= 11 is 6.74. The number of fused-ring (bicyclic) bond motifs is 1. The molecule has 1 amide bonds. The number of nitrogens with one attached hydrogen (secondary N) is 1. The van der Waals surface area contributed by atoms with Crippen LogP contribution in [0.1, 0.15) is 10.4 Å². The molecular formula is C21H16ClFN4O. The number of halogens is 2. The van der Waals surface area contributed by atoms with Crippen LogP contribution in [0.5, 0.6) is 0 Å². The molecule has 0 fully saturated rings. The Kier molecular flexibility index (Phi) is 4.57. The third kappa shape index (κ3) is 3.12. The Balaban J connectivity index is 1.87. The van der Waals surface area contributed by atoms with E-state index in [1.165, 1.54) is 23.2 Å². The number of aromatic nitrogens is 3. The quantitative estimate of drug-likeness (QED) is 0.543. The summed E-state index contributed by atoms with van der Waals surface area (Å²) in [5, 5.41) is 1.22. The summed E-state index contributed by atoms with van der Waals surface area (Å²) in [6.45, 7) is 0. The molecule has 0 saturated carbocycles. The molecule has 4 rings (SSSR count). The van der Waals surface area contributed by atoms with E-state index < -0.39 is 0 Å². The molecule has 0 spiro atoms. The predicted molar refractivity (Wildman–Crippen MR) is 108 cm³/mol. The maximum atomic E-state index is 13.3. The number of aromatic amines is 1. The summed E-state index contributed by atoms with van der Waals surface area (Å²) in [5.74, 6) is -0.449. The Bertz CT molecular complexity index is 1180. The smallest absolute Gasteiger partial charge is 0.254 e. The van der Waals surface area contributed by atoms with Crippen LogP contribution in [0.3, 0.4) is 0 Å². The summed E-state index contributed by atoms with van der Waals surface area (Å²) in [4.78, 5) is 25.5. The fraction of sp³-hybridized carbons (Fsp3) is 0.0952. The highest BCUT2D eigenvalue weighted by molar-refractivity contribution is 6.39. The number of amides is 1. The Hall–Kier alpha value is -3.25. The molecule has 0 aliphatic carbocycles. The van der Waals surface area contributed by atoms with Crippen LogP contribution in [0, 0.1) is 5.82 Å².